The quantitative estimate of drug-likeness (QED) is 0.759. The Balaban J connectivity index is 2.21. The van der Waals surface area contributed by atoms with E-state index in [1.807, 2.05) is 36.1 Å². The summed E-state index contributed by atoms with van der Waals surface area (Å²) in [6.45, 7) is 2.81. The maximum atomic E-state index is 9.64. The van der Waals surface area contributed by atoms with Gasteiger partial charge >= 0.3 is 0 Å². The van der Waals surface area contributed by atoms with Crippen LogP contribution in [0.3, 0.4) is 0 Å². The molecule has 0 radical (unpaired) electrons. The van der Waals surface area contributed by atoms with Crippen LogP contribution in [0.15, 0.2) is 24.3 Å². The molecule has 0 aliphatic carbocycles. The number of nitrogens with two attached hydrogens (primary N) is 1. The van der Waals surface area contributed by atoms with E-state index in [1.165, 1.54) is 0 Å². The average molecular weight is 271 g/mol. The van der Waals surface area contributed by atoms with Gasteiger partial charge in [-0.2, -0.15) is 0 Å². The van der Waals surface area contributed by atoms with Crippen molar-refractivity contribution in [2.24, 2.45) is 5.73 Å². The summed E-state index contributed by atoms with van der Waals surface area (Å²) in [5, 5.41) is 20.0. The van der Waals surface area contributed by atoms with Crippen molar-refractivity contribution in [2.45, 2.75) is 31.2 Å². The standard InChI is InChI=1S/C13H19ClN2O2/c1-8(15)13(9-2-4-10(14)5-3-9)16-6-11(17)12(18)7-16/h2-5,8,11-13,17-18H,6-7,15H2,1H3. The van der Waals surface area contributed by atoms with E-state index in [2.05, 4.69) is 0 Å². The molecule has 0 aromatic heterocycles. The fourth-order valence-corrected chi connectivity index (χ4v) is 2.66. The van der Waals surface area contributed by atoms with Crippen molar-refractivity contribution in [1.82, 2.24) is 4.90 Å². The first-order valence-electron chi connectivity index (χ1n) is 6.10. The van der Waals surface area contributed by atoms with E-state index in [9.17, 15) is 10.2 Å². The SMILES string of the molecule is CC(N)C(c1ccc(Cl)cc1)N1CC(O)C(O)C1. The maximum Gasteiger partial charge on any atom is 0.0938 e. The molecule has 2 rings (SSSR count). The van der Waals surface area contributed by atoms with Crippen LogP contribution in [0.1, 0.15) is 18.5 Å². The van der Waals surface area contributed by atoms with Gasteiger partial charge in [0.1, 0.15) is 0 Å². The fourth-order valence-electron chi connectivity index (χ4n) is 2.53. The lowest BCUT2D eigenvalue weighted by Gasteiger charge is -2.31. The van der Waals surface area contributed by atoms with Gasteiger partial charge in [0.25, 0.3) is 0 Å². The second-order valence-corrected chi connectivity index (χ2v) is 5.38. The van der Waals surface area contributed by atoms with Crippen molar-refractivity contribution in [3.8, 4) is 0 Å². The van der Waals surface area contributed by atoms with Crippen LogP contribution in [-0.2, 0) is 0 Å². The van der Waals surface area contributed by atoms with Crippen LogP contribution < -0.4 is 5.73 Å². The summed E-state index contributed by atoms with van der Waals surface area (Å²) < 4.78 is 0. The number of hydrogen-bond acceptors (Lipinski definition) is 4. The summed E-state index contributed by atoms with van der Waals surface area (Å²) in [5.74, 6) is 0. The summed E-state index contributed by atoms with van der Waals surface area (Å²) in [7, 11) is 0. The monoisotopic (exact) mass is 270 g/mol. The van der Waals surface area contributed by atoms with Crippen molar-refractivity contribution < 1.29 is 10.2 Å². The van der Waals surface area contributed by atoms with E-state index in [0.29, 0.717) is 18.1 Å². The molecule has 0 spiro atoms. The Morgan fingerprint density at radius 3 is 2.17 bits per heavy atom. The van der Waals surface area contributed by atoms with E-state index in [-0.39, 0.29) is 12.1 Å². The van der Waals surface area contributed by atoms with Crippen LogP contribution in [0.5, 0.6) is 0 Å². The molecule has 4 nitrogen and oxygen atoms in total. The molecule has 1 aromatic carbocycles. The minimum absolute atomic E-state index is 0.0194. The molecule has 5 heteroatoms. The zero-order chi connectivity index (χ0) is 13.3. The van der Waals surface area contributed by atoms with Crippen molar-refractivity contribution in [2.75, 3.05) is 13.1 Å². The first kappa shape index (κ1) is 13.8. The number of nitrogens with zero attached hydrogens (tertiary/aromatic N) is 1. The summed E-state index contributed by atoms with van der Waals surface area (Å²) in [6.07, 6.45) is -1.39. The zero-order valence-corrected chi connectivity index (χ0v) is 11.1. The Hall–Kier alpha value is -0.650. The van der Waals surface area contributed by atoms with Crippen molar-refractivity contribution in [3.05, 3.63) is 34.9 Å². The fraction of sp³-hybridized carbons (Fsp3) is 0.538. The third-order valence-electron chi connectivity index (χ3n) is 3.39. The van der Waals surface area contributed by atoms with E-state index >= 15 is 0 Å². The molecule has 1 heterocycles. The van der Waals surface area contributed by atoms with Crippen LogP contribution in [0, 0.1) is 0 Å². The van der Waals surface area contributed by atoms with Gasteiger partial charge in [-0.25, -0.2) is 0 Å². The van der Waals surface area contributed by atoms with E-state index in [1.54, 1.807) is 0 Å². The normalized spacial score (nSPS) is 28.3. The predicted molar refractivity (Wildman–Crippen MR) is 71.4 cm³/mol. The highest BCUT2D eigenvalue weighted by Gasteiger charge is 2.35. The molecule has 4 unspecified atom stereocenters. The number of β-amino-alcohol motifs (C(OH)–C–C–N with tert-alkyl or cyclic N) is 2. The van der Waals surface area contributed by atoms with Crippen molar-refractivity contribution in [3.63, 3.8) is 0 Å². The topological polar surface area (TPSA) is 69.7 Å². The maximum absolute atomic E-state index is 9.64. The number of aliphatic hydroxyl groups excluding tert-OH is 2. The molecule has 1 aliphatic rings. The van der Waals surface area contributed by atoms with Gasteiger partial charge in [-0.1, -0.05) is 23.7 Å². The number of likely N-dealkylation sites (tertiary alicyclic amines) is 1. The molecular formula is C13H19ClN2O2. The van der Waals surface area contributed by atoms with Gasteiger partial charge in [-0.3, -0.25) is 4.90 Å². The highest BCUT2D eigenvalue weighted by Crippen LogP contribution is 2.28. The van der Waals surface area contributed by atoms with Crippen LogP contribution in [-0.4, -0.2) is 46.5 Å². The highest BCUT2D eigenvalue weighted by molar-refractivity contribution is 6.30. The number of benzene rings is 1. The Labute approximate surface area is 112 Å². The lowest BCUT2D eigenvalue weighted by molar-refractivity contribution is 0.0572. The highest BCUT2D eigenvalue weighted by atomic mass is 35.5. The third-order valence-corrected chi connectivity index (χ3v) is 3.64. The predicted octanol–water partition coefficient (Wildman–Crippen LogP) is 0.766. The largest absolute Gasteiger partial charge is 0.389 e. The van der Waals surface area contributed by atoms with Crippen molar-refractivity contribution >= 4 is 11.6 Å². The Morgan fingerprint density at radius 2 is 1.72 bits per heavy atom. The number of hydrogen-bond donors (Lipinski definition) is 3. The summed E-state index contributed by atoms with van der Waals surface area (Å²) in [4.78, 5) is 2.02. The van der Waals surface area contributed by atoms with Crippen LogP contribution in [0.2, 0.25) is 5.02 Å². The Morgan fingerprint density at radius 1 is 1.22 bits per heavy atom. The third kappa shape index (κ3) is 2.84. The molecule has 100 valence electrons. The van der Waals surface area contributed by atoms with Crippen molar-refractivity contribution in [1.29, 1.82) is 0 Å². The Kier molecular flexibility index (Phi) is 4.25. The molecule has 1 aliphatic heterocycles. The Bertz CT molecular complexity index is 386. The molecule has 4 N–H and O–H groups in total. The van der Waals surface area contributed by atoms with Gasteiger partial charge in [-0.15, -0.1) is 0 Å². The molecule has 1 aromatic rings. The molecule has 0 bridgehead atoms. The van der Waals surface area contributed by atoms with Gasteiger partial charge in [0.15, 0.2) is 0 Å². The first-order valence-corrected chi connectivity index (χ1v) is 6.48. The summed E-state index contributed by atoms with van der Waals surface area (Å²) in [5.41, 5.74) is 7.09. The van der Waals surface area contributed by atoms with Gasteiger partial charge in [0.2, 0.25) is 0 Å². The van der Waals surface area contributed by atoms with Gasteiger partial charge in [0.05, 0.1) is 12.2 Å². The number of aliphatic hydroxyl groups is 2. The molecule has 1 fully saturated rings. The molecular weight excluding hydrogens is 252 g/mol. The molecule has 0 saturated carbocycles. The molecule has 1 saturated heterocycles. The average Bonchev–Trinajstić information content (AvgIpc) is 2.61. The summed E-state index contributed by atoms with van der Waals surface area (Å²) >= 11 is 5.88. The van der Waals surface area contributed by atoms with E-state index < -0.39 is 12.2 Å². The summed E-state index contributed by atoms with van der Waals surface area (Å²) in [6, 6.07) is 7.42. The number of halogens is 1. The van der Waals surface area contributed by atoms with Crippen LogP contribution in [0.4, 0.5) is 0 Å². The smallest absolute Gasteiger partial charge is 0.0938 e. The van der Waals surface area contributed by atoms with Crippen LogP contribution >= 0.6 is 11.6 Å². The van der Waals surface area contributed by atoms with E-state index in [0.717, 1.165) is 5.56 Å². The number of rotatable bonds is 3. The lowest BCUT2D eigenvalue weighted by atomic mass is 9.99. The van der Waals surface area contributed by atoms with E-state index in [4.69, 9.17) is 17.3 Å². The van der Waals surface area contributed by atoms with Crippen LogP contribution in [0.25, 0.3) is 0 Å². The first-order chi connectivity index (χ1) is 8.49. The zero-order valence-electron chi connectivity index (χ0n) is 10.3. The molecule has 4 atom stereocenters. The second-order valence-electron chi connectivity index (χ2n) is 4.94. The molecule has 18 heavy (non-hydrogen) atoms. The molecule has 0 amide bonds. The minimum Gasteiger partial charge on any atom is -0.389 e. The van der Waals surface area contributed by atoms with Gasteiger partial charge in [0, 0.05) is 30.2 Å². The lowest BCUT2D eigenvalue weighted by Crippen LogP contribution is -2.39. The minimum atomic E-state index is -0.696. The van der Waals surface area contributed by atoms with Gasteiger partial charge < -0.3 is 15.9 Å². The van der Waals surface area contributed by atoms with Gasteiger partial charge in [-0.05, 0) is 24.6 Å². The second kappa shape index (κ2) is 5.55.